The highest BCUT2D eigenvalue weighted by atomic mass is 19.1. The first kappa shape index (κ1) is 12.7. The van der Waals surface area contributed by atoms with Crippen molar-refractivity contribution in [2.24, 2.45) is 0 Å². The van der Waals surface area contributed by atoms with Crippen LogP contribution in [0.5, 0.6) is 0 Å². The Morgan fingerprint density at radius 1 is 1.17 bits per heavy atom. The molecule has 18 heavy (non-hydrogen) atoms. The van der Waals surface area contributed by atoms with Gasteiger partial charge >= 0.3 is 0 Å². The first-order chi connectivity index (χ1) is 8.61. The third-order valence-electron chi connectivity index (χ3n) is 3.02. The number of nitrogens with one attached hydrogen (secondary N) is 1. The molecule has 3 heteroatoms. The quantitative estimate of drug-likeness (QED) is 0.897. The molecule has 94 valence electrons. The zero-order valence-electron chi connectivity index (χ0n) is 10.9. The number of aromatic nitrogens is 1. The molecule has 2 nitrogen and oxygen atoms in total. The molecule has 1 unspecified atom stereocenters. The van der Waals surface area contributed by atoms with Crippen molar-refractivity contribution in [3.63, 3.8) is 0 Å². The van der Waals surface area contributed by atoms with Crippen molar-refractivity contribution in [2.45, 2.75) is 19.9 Å². The van der Waals surface area contributed by atoms with Crippen molar-refractivity contribution in [1.29, 1.82) is 0 Å². The average Bonchev–Trinajstić information content (AvgIpc) is 2.35. The van der Waals surface area contributed by atoms with Crippen LogP contribution in [0.1, 0.15) is 28.4 Å². The van der Waals surface area contributed by atoms with E-state index in [1.165, 1.54) is 0 Å². The van der Waals surface area contributed by atoms with E-state index in [0.29, 0.717) is 5.56 Å². The van der Waals surface area contributed by atoms with Gasteiger partial charge in [0.25, 0.3) is 0 Å². The molecule has 0 bridgehead atoms. The minimum atomic E-state index is -0.185. The zero-order valence-corrected chi connectivity index (χ0v) is 10.9. The smallest absolute Gasteiger partial charge is 0.128 e. The molecular formula is C15H17FN2. The Hall–Kier alpha value is -1.74. The van der Waals surface area contributed by atoms with Crippen molar-refractivity contribution in [3.05, 3.63) is 64.7 Å². The van der Waals surface area contributed by atoms with E-state index in [1.807, 2.05) is 45.2 Å². The Morgan fingerprint density at radius 3 is 2.50 bits per heavy atom. The Bertz CT molecular complexity index is 535. The molecule has 0 saturated carbocycles. The van der Waals surface area contributed by atoms with Crippen LogP contribution in [0.25, 0.3) is 0 Å². The first-order valence-corrected chi connectivity index (χ1v) is 5.97. The number of rotatable bonds is 3. The van der Waals surface area contributed by atoms with Gasteiger partial charge in [0.05, 0.1) is 6.04 Å². The predicted octanol–water partition coefficient (Wildman–Crippen LogP) is 3.15. The van der Waals surface area contributed by atoms with E-state index in [2.05, 4.69) is 10.3 Å². The normalized spacial score (nSPS) is 12.4. The van der Waals surface area contributed by atoms with Crippen LogP contribution in [0.3, 0.4) is 0 Å². The van der Waals surface area contributed by atoms with E-state index >= 15 is 0 Å². The predicted molar refractivity (Wildman–Crippen MR) is 71.0 cm³/mol. The molecule has 2 aromatic rings. The maximum atomic E-state index is 14.0. The fraction of sp³-hybridized carbons (Fsp3) is 0.267. The monoisotopic (exact) mass is 244 g/mol. The summed E-state index contributed by atoms with van der Waals surface area (Å²) in [5.41, 5.74) is 3.49. The van der Waals surface area contributed by atoms with Crippen molar-refractivity contribution < 1.29 is 4.39 Å². The average molecular weight is 244 g/mol. The van der Waals surface area contributed by atoms with Gasteiger partial charge in [0.2, 0.25) is 0 Å². The largest absolute Gasteiger partial charge is 0.309 e. The summed E-state index contributed by atoms with van der Waals surface area (Å²) >= 11 is 0. The van der Waals surface area contributed by atoms with Gasteiger partial charge in [-0.25, -0.2) is 4.39 Å². The first-order valence-electron chi connectivity index (χ1n) is 5.97. The standard InChI is InChI=1S/C15H17FN2/c1-10-4-7-13(14(16)8-10)15(17-3)12-6-5-11(2)18-9-12/h4-9,15,17H,1-3H3. The molecule has 0 radical (unpaired) electrons. The van der Waals surface area contributed by atoms with Crippen LogP contribution in [-0.2, 0) is 0 Å². The maximum absolute atomic E-state index is 14.0. The maximum Gasteiger partial charge on any atom is 0.128 e. The van der Waals surface area contributed by atoms with Gasteiger partial charge in [-0.2, -0.15) is 0 Å². The number of aryl methyl sites for hydroxylation is 2. The van der Waals surface area contributed by atoms with E-state index in [1.54, 1.807) is 12.3 Å². The summed E-state index contributed by atoms with van der Waals surface area (Å²) in [4.78, 5) is 4.26. The van der Waals surface area contributed by atoms with E-state index in [-0.39, 0.29) is 11.9 Å². The van der Waals surface area contributed by atoms with E-state index < -0.39 is 0 Å². The van der Waals surface area contributed by atoms with E-state index in [4.69, 9.17) is 0 Å². The summed E-state index contributed by atoms with van der Waals surface area (Å²) in [6.45, 7) is 3.82. The summed E-state index contributed by atoms with van der Waals surface area (Å²) < 4.78 is 14.0. The van der Waals surface area contributed by atoms with Gasteiger partial charge < -0.3 is 5.32 Å². The zero-order chi connectivity index (χ0) is 13.1. The van der Waals surface area contributed by atoms with Crippen LogP contribution in [-0.4, -0.2) is 12.0 Å². The molecule has 0 spiro atoms. The van der Waals surface area contributed by atoms with Crippen molar-refractivity contribution in [3.8, 4) is 0 Å². The number of pyridine rings is 1. The summed E-state index contributed by atoms with van der Waals surface area (Å²) in [6, 6.07) is 9.05. The number of halogens is 1. The summed E-state index contributed by atoms with van der Waals surface area (Å²) in [7, 11) is 1.82. The molecule has 0 aliphatic carbocycles. The van der Waals surface area contributed by atoms with Crippen LogP contribution in [0.4, 0.5) is 4.39 Å². The Morgan fingerprint density at radius 2 is 1.94 bits per heavy atom. The SMILES string of the molecule is CNC(c1ccc(C)nc1)c1ccc(C)cc1F. The molecule has 1 aromatic carbocycles. The number of nitrogens with zero attached hydrogens (tertiary/aromatic N) is 1. The Balaban J connectivity index is 2.41. The minimum Gasteiger partial charge on any atom is -0.309 e. The van der Waals surface area contributed by atoms with Gasteiger partial charge in [0.1, 0.15) is 5.82 Å². The van der Waals surface area contributed by atoms with Gasteiger partial charge in [-0.05, 0) is 44.2 Å². The second-order valence-electron chi connectivity index (χ2n) is 4.48. The third kappa shape index (κ3) is 2.57. The third-order valence-corrected chi connectivity index (χ3v) is 3.02. The molecule has 0 fully saturated rings. The van der Waals surface area contributed by atoms with Crippen LogP contribution < -0.4 is 5.32 Å². The highest BCUT2D eigenvalue weighted by Crippen LogP contribution is 2.24. The molecule has 1 aromatic heterocycles. The van der Waals surface area contributed by atoms with Crippen molar-refractivity contribution in [1.82, 2.24) is 10.3 Å². The molecule has 1 N–H and O–H groups in total. The van der Waals surface area contributed by atoms with Crippen molar-refractivity contribution >= 4 is 0 Å². The topological polar surface area (TPSA) is 24.9 Å². The fourth-order valence-corrected chi connectivity index (χ4v) is 2.02. The van der Waals surface area contributed by atoms with Gasteiger partial charge in [-0.3, -0.25) is 4.98 Å². The number of hydrogen-bond acceptors (Lipinski definition) is 2. The lowest BCUT2D eigenvalue weighted by atomic mass is 9.98. The summed E-state index contributed by atoms with van der Waals surface area (Å²) in [5.74, 6) is -0.185. The van der Waals surface area contributed by atoms with Crippen LogP contribution in [0, 0.1) is 19.7 Å². The minimum absolute atomic E-state index is 0.168. The Kier molecular flexibility index (Phi) is 3.72. The second-order valence-corrected chi connectivity index (χ2v) is 4.48. The van der Waals surface area contributed by atoms with Crippen LogP contribution in [0.2, 0.25) is 0 Å². The molecule has 0 amide bonds. The van der Waals surface area contributed by atoms with Gasteiger partial charge in [-0.15, -0.1) is 0 Å². The summed E-state index contributed by atoms with van der Waals surface area (Å²) in [6.07, 6.45) is 1.79. The fourth-order valence-electron chi connectivity index (χ4n) is 2.02. The van der Waals surface area contributed by atoms with E-state index in [0.717, 1.165) is 16.8 Å². The molecule has 0 aliphatic rings. The van der Waals surface area contributed by atoms with Gasteiger partial charge in [-0.1, -0.05) is 18.2 Å². The Labute approximate surface area is 107 Å². The molecule has 0 aliphatic heterocycles. The molecule has 1 heterocycles. The van der Waals surface area contributed by atoms with E-state index in [9.17, 15) is 4.39 Å². The molecule has 0 saturated heterocycles. The summed E-state index contributed by atoms with van der Waals surface area (Å²) in [5, 5.41) is 3.13. The van der Waals surface area contributed by atoms with Crippen LogP contribution in [0.15, 0.2) is 36.5 Å². The van der Waals surface area contributed by atoms with Crippen molar-refractivity contribution in [2.75, 3.05) is 7.05 Å². The van der Waals surface area contributed by atoms with Gasteiger partial charge in [0.15, 0.2) is 0 Å². The van der Waals surface area contributed by atoms with Crippen LogP contribution >= 0.6 is 0 Å². The lowest BCUT2D eigenvalue weighted by Crippen LogP contribution is -2.19. The highest BCUT2D eigenvalue weighted by Gasteiger charge is 2.16. The molecular weight excluding hydrogens is 227 g/mol. The van der Waals surface area contributed by atoms with Gasteiger partial charge in [0, 0.05) is 17.5 Å². The highest BCUT2D eigenvalue weighted by molar-refractivity contribution is 5.33. The lowest BCUT2D eigenvalue weighted by molar-refractivity contribution is 0.574. The molecule has 2 rings (SSSR count). The lowest BCUT2D eigenvalue weighted by Gasteiger charge is -2.18. The second kappa shape index (κ2) is 5.27. The molecule has 1 atom stereocenters. The number of hydrogen-bond donors (Lipinski definition) is 1. The number of benzene rings is 1.